The average molecular weight is 441 g/mol. The third kappa shape index (κ3) is 4.06. The minimum atomic E-state index is -0.469. The molecule has 0 bridgehead atoms. The van der Waals surface area contributed by atoms with Crippen LogP contribution < -0.4 is 10.6 Å². The number of thiocarbonyl (C=S) groups is 1. The van der Waals surface area contributed by atoms with Crippen molar-refractivity contribution in [2.24, 2.45) is 7.05 Å². The summed E-state index contributed by atoms with van der Waals surface area (Å²) in [6, 6.07) is 0. The molecule has 0 saturated heterocycles. The summed E-state index contributed by atoms with van der Waals surface area (Å²) in [7, 11) is 3.00. The SMILES string of the molecule is COC(=O)c1c(NC(=S)NC(=O)c2c(Cl)c(C)nn2C)sc2c1CCCCC2. The van der Waals surface area contributed by atoms with Crippen LogP contribution >= 0.6 is 35.2 Å². The first-order chi connectivity index (χ1) is 13.3. The Balaban J connectivity index is 1.82. The van der Waals surface area contributed by atoms with E-state index in [1.165, 1.54) is 28.0 Å². The molecular formula is C18H21ClN4O3S2. The summed E-state index contributed by atoms with van der Waals surface area (Å²) < 4.78 is 6.38. The molecule has 2 heterocycles. The molecule has 0 fully saturated rings. The molecule has 3 rings (SSSR count). The number of rotatable bonds is 3. The van der Waals surface area contributed by atoms with Crippen molar-refractivity contribution in [3.05, 3.63) is 32.4 Å². The fraction of sp³-hybridized carbons (Fsp3) is 0.444. The zero-order chi connectivity index (χ0) is 20.4. The second-order valence-electron chi connectivity index (χ2n) is 6.54. The van der Waals surface area contributed by atoms with E-state index < -0.39 is 11.9 Å². The second-order valence-corrected chi connectivity index (χ2v) is 8.43. The number of amides is 1. The number of nitrogens with zero attached hydrogens (tertiary/aromatic N) is 2. The van der Waals surface area contributed by atoms with Crippen molar-refractivity contribution in [1.82, 2.24) is 15.1 Å². The number of aromatic nitrogens is 2. The molecule has 0 aliphatic heterocycles. The lowest BCUT2D eigenvalue weighted by Crippen LogP contribution is -2.35. The van der Waals surface area contributed by atoms with E-state index in [1.54, 1.807) is 14.0 Å². The van der Waals surface area contributed by atoms with Crippen molar-refractivity contribution < 1.29 is 14.3 Å². The van der Waals surface area contributed by atoms with Crippen molar-refractivity contribution in [2.75, 3.05) is 12.4 Å². The van der Waals surface area contributed by atoms with Gasteiger partial charge in [-0.25, -0.2) is 4.79 Å². The van der Waals surface area contributed by atoms with Gasteiger partial charge in [0.15, 0.2) is 5.11 Å². The van der Waals surface area contributed by atoms with E-state index >= 15 is 0 Å². The van der Waals surface area contributed by atoms with E-state index in [9.17, 15) is 9.59 Å². The number of hydrogen-bond acceptors (Lipinski definition) is 6. The van der Waals surface area contributed by atoms with Gasteiger partial charge in [-0.15, -0.1) is 11.3 Å². The number of thiophene rings is 1. The highest BCUT2D eigenvalue weighted by molar-refractivity contribution is 7.80. The molecule has 2 aromatic rings. The van der Waals surface area contributed by atoms with E-state index in [2.05, 4.69) is 15.7 Å². The molecule has 0 aromatic carbocycles. The molecule has 0 saturated carbocycles. The van der Waals surface area contributed by atoms with Crippen LogP contribution in [0.3, 0.4) is 0 Å². The van der Waals surface area contributed by atoms with Crippen LogP contribution in [0.15, 0.2) is 0 Å². The van der Waals surface area contributed by atoms with E-state index in [0.717, 1.165) is 37.7 Å². The molecule has 150 valence electrons. The van der Waals surface area contributed by atoms with Crippen LogP contribution in [0, 0.1) is 6.92 Å². The number of anilines is 1. The van der Waals surface area contributed by atoms with E-state index in [4.69, 9.17) is 28.6 Å². The van der Waals surface area contributed by atoms with Crippen molar-refractivity contribution >= 4 is 57.1 Å². The molecule has 0 radical (unpaired) electrons. The summed E-state index contributed by atoms with van der Waals surface area (Å²) >= 11 is 12.9. The van der Waals surface area contributed by atoms with Crippen LogP contribution in [0.4, 0.5) is 5.00 Å². The minimum absolute atomic E-state index is 0.0847. The number of methoxy groups -OCH3 is 1. The number of carbonyl (C=O) groups excluding carboxylic acids is 2. The van der Waals surface area contributed by atoms with Crippen molar-refractivity contribution in [3.63, 3.8) is 0 Å². The van der Waals surface area contributed by atoms with Crippen molar-refractivity contribution in [1.29, 1.82) is 0 Å². The number of hydrogen-bond donors (Lipinski definition) is 2. The lowest BCUT2D eigenvalue weighted by Gasteiger charge is -2.10. The molecule has 0 atom stereocenters. The third-order valence-electron chi connectivity index (χ3n) is 4.63. The Kier molecular flexibility index (Phi) is 6.36. The maximum absolute atomic E-state index is 12.5. The lowest BCUT2D eigenvalue weighted by atomic mass is 10.1. The molecular weight excluding hydrogens is 420 g/mol. The first-order valence-corrected chi connectivity index (χ1v) is 10.5. The van der Waals surface area contributed by atoms with Gasteiger partial charge in [-0.2, -0.15) is 5.10 Å². The normalized spacial score (nSPS) is 13.4. The average Bonchev–Trinajstić information content (AvgIpc) is 2.98. The zero-order valence-electron chi connectivity index (χ0n) is 15.8. The minimum Gasteiger partial charge on any atom is -0.465 e. The molecule has 2 N–H and O–H groups in total. The standard InChI is InChI=1S/C18H21ClN4O3S2/c1-9-13(19)14(23(2)22-9)15(24)20-18(27)21-16-12(17(25)26-3)10-7-5-4-6-8-11(10)28-16/h4-8H2,1-3H3,(H2,20,21,24,27). The molecule has 28 heavy (non-hydrogen) atoms. The van der Waals surface area contributed by atoms with Gasteiger partial charge < -0.3 is 10.1 Å². The topological polar surface area (TPSA) is 85.2 Å². The third-order valence-corrected chi connectivity index (χ3v) is 6.49. The summed E-state index contributed by atoms with van der Waals surface area (Å²) in [5, 5.41) is 10.7. The van der Waals surface area contributed by atoms with Gasteiger partial charge in [0.25, 0.3) is 5.91 Å². The van der Waals surface area contributed by atoms with Gasteiger partial charge in [0.2, 0.25) is 0 Å². The summed E-state index contributed by atoms with van der Waals surface area (Å²) in [6.45, 7) is 1.72. The Bertz CT molecular complexity index is 951. The Hall–Kier alpha value is -1.97. The Morgan fingerprint density at radius 3 is 2.64 bits per heavy atom. The largest absolute Gasteiger partial charge is 0.465 e. The molecule has 1 aliphatic carbocycles. The van der Waals surface area contributed by atoms with Gasteiger partial charge in [0.05, 0.1) is 23.4 Å². The second kappa shape index (κ2) is 8.59. The van der Waals surface area contributed by atoms with Crippen LogP contribution in [-0.4, -0.2) is 33.9 Å². The van der Waals surface area contributed by atoms with Gasteiger partial charge in [0.1, 0.15) is 10.7 Å². The van der Waals surface area contributed by atoms with Gasteiger partial charge in [-0.3, -0.25) is 14.8 Å². The van der Waals surface area contributed by atoms with Crippen LogP contribution in [-0.2, 0) is 24.6 Å². The fourth-order valence-electron chi connectivity index (χ4n) is 3.32. The van der Waals surface area contributed by atoms with E-state index in [-0.39, 0.29) is 15.8 Å². The number of esters is 1. The summed E-state index contributed by atoms with van der Waals surface area (Å²) in [5.41, 5.74) is 2.31. The Labute approximate surface area is 177 Å². The maximum atomic E-state index is 12.5. The quantitative estimate of drug-likeness (QED) is 0.430. The fourth-order valence-corrected chi connectivity index (χ4v) is 5.11. The number of carbonyl (C=O) groups is 2. The highest BCUT2D eigenvalue weighted by atomic mass is 35.5. The molecule has 2 aromatic heterocycles. The van der Waals surface area contributed by atoms with Crippen LogP contribution in [0.1, 0.15) is 56.2 Å². The molecule has 7 nitrogen and oxygen atoms in total. The molecule has 10 heteroatoms. The number of aryl methyl sites for hydroxylation is 3. The van der Waals surface area contributed by atoms with Crippen LogP contribution in [0.2, 0.25) is 5.02 Å². The molecule has 1 amide bonds. The summed E-state index contributed by atoms with van der Waals surface area (Å²) in [4.78, 5) is 26.1. The van der Waals surface area contributed by atoms with Gasteiger partial charge in [0, 0.05) is 11.9 Å². The van der Waals surface area contributed by atoms with Gasteiger partial charge in [-0.1, -0.05) is 18.0 Å². The molecule has 1 aliphatic rings. The maximum Gasteiger partial charge on any atom is 0.341 e. The Morgan fingerprint density at radius 2 is 2.00 bits per heavy atom. The van der Waals surface area contributed by atoms with Crippen molar-refractivity contribution in [2.45, 2.75) is 39.0 Å². The van der Waals surface area contributed by atoms with Crippen LogP contribution in [0.5, 0.6) is 0 Å². The molecule has 0 spiro atoms. The highest BCUT2D eigenvalue weighted by Crippen LogP contribution is 2.37. The number of halogens is 1. The highest BCUT2D eigenvalue weighted by Gasteiger charge is 2.26. The van der Waals surface area contributed by atoms with E-state index in [0.29, 0.717) is 16.3 Å². The molecule has 0 unspecified atom stereocenters. The van der Waals surface area contributed by atoms with Crippen molar-refractivity contribution in [3.8, 4) is 0 Å². The van der Waals surface area contributed by atoms with Gasteiger partial charge in [-0.05, 0) is 50.4 Å². The number of nitrogens with one attached hydrogen (secondary N) is 2. The first-order valence-electron chi connectivity index (χ1n) is 8.87. The predicted octanol–water partition coefficient (Wildman–Crippen LogP) is 3.63. The summed E-state index contributed by atoms with van der Waals surface area (Å²) in [6.07, 6.45) is 5.03. The number of ether oxygens (including phenoxy) is 1. The lowest BCUT2D eigenvalue weighted by molar-refractivity contribution is 0.0601. The van der Waals surface area contributed by atoms with Gasteiger partial charge >= 0.3 is 5.97 Å². The predicted molar refractivity (Wildman–Crippen MR) is 114 cm³/mol. The first kappa shape index (κ1) is 20.8. The van der Waals surface area contributed by atoms with Crippen LogP contribution in [0.25, 0.3) is 0 Å². The zero-order valence-corrected chi connectivity index (χ0v) is 18.2. The number of fused-ring (bicyclic) bond motifs is 1. The van der Waals surface area contributed by atoms with E-state index in [1.807, 2.05) is 0 Å². The summed E-state index contributed by atoms with van der Waals surface area (Å²) in [5.74, 6) is -0.871. The monoisotopic (exact) mass is 440 g/mol. The Morgan fingerprint density at radius 1 is 1.29 bits per heavy atom. The smallest absolute Gasteiger partial charge is 0.341 e.